The molecule has 2 fully saturated rings. The molecule has 154 valence electrons. The van der Waals surface area contributed by atoms with Gasteiger partial charge in [-0.05, 0) is 36.4 Å². The summed E-state index contributed by atoms with van der Waals surface area (Å²) in [5.41, 5.74) is 3.31. The van der Waals surface area contributed by atoms with Crippen LogP contribution in [0.4, 0.5) is 5.69 Å². The number of hydrogen-bond acceptors (Lipinski definition) is 7. The Morgan fingerprint density at radius 2 is 1.43 bits per heavy atom. The number of rotatable bonds is 4. The van der Waals surface area contributed by atoms with E-state index in [4.69, 9.17) is 14.6 Å². The first kappa shape index (κ1) is 19.2. The number of hydrogen-bond donors (Lipinski definition) is 1. The van der Waals surface area contributed by atoms with Crippen molar-refractivity contribution in [3.8, 4) is 21.1 Å². The molecule has 2 aliphatic rings. The van der Waals surface area contributed by atoms with Crippen molar-refractivity contribution in [3.63, 3.8) is 0 Å². The van der Waals surface area contributed by atoms with Crippen LogP contribution in [0.25, 0.3) is 21.1 Å². The molecule has 0 aliphatic carbocycles. The van der Waals surface area contributed by atoms with Gasteiger partial charge in [-0.3, -0.25) is 0 Å². The zero-order valence-corrected chi connectivity index (χ0v) is 17.1. The van der Waals surface area contributed by atoms with Crippen molar-refractivity contribution in [1.82, 2.24) is 10.2 Å². The molecule has 1 N–H and O–H groups in total. The largest absolute Gasteiger partial charge is 0.478 e. The maximum Gasteiger partial charge on any atom is 0.335 e. The van der Waals surface area contributed by atoms with Crippen LogP contribution in [0.1, 0.15) is 23.2 Å². The van der Waals surface area contributed by atoms with Crippen molar-refractivity contribution < 1.29 is 19.4 Å². The quantitative estimate of drug-likeness (QED) is 0.681. The van der Waals surface area contributed by atoms with Gasteiger partial charge in [0.05, 0.1) is 18.8 Å². The third-order valence-corrected chi connectivity index (χ3v) is 6.64. The normalized spacial score (nSPS) is 18.1. The lowest BCUT2D eigenvalue weighted by atomic mass is 10.0. The van der Waals surface area contributed by atoms with E-state index < -0.39 is 5.97 Å². The fourth-order valence-electron chi connectivity index (χ4n) is 3.92. The van der Waals surface area contributed by atoms with Crippen molar-refractivity contribution in [3.05, 3.63) is 54.1 Å². The minimum atomic E-state index is -0.938. The topological polar surface area (TPSA) is 84.8 Å². The Morgan fingerprint density at radius 1 is 0.900 bits per heavy atom. The number of carboxylic acid groups (broad SMARTS) is 1. The average molecular weight is 423 g/mol. The van der Waals surface area contributed by atoms with Crippen molar-refractivity contribution >= 4 is 23.0 Å². The summed E-state index contributed by atoms with van der Waals surface area (Å²) < 4.78 is 11.6. The van der Waals surface area contributed by atoms with Gasteiger partial charge in [0.15, 0.2) is 5.79 Å². The molecule has 8 heteroatoms. The number of aromatic nitrogens is 2. The third kappa shape index (κ3) is 3.69. The summed E-state index contributed by atoms with van der Waals surface area (Å²) in [7, 11) is 0. The molecule has 3 aromatic rings. The van der Waals surface area contributed by atoms with Crippen molar-refractivity contribution in [2.45, 2.75) is 18.6 Å². The highest BCUT2D eigenvalue weighted by molar-refractivity contribution is 7.17. The van der Waals surface area contributed by atoms with Crippen LogP contribution >= 0.6 is 11.3 Å². The minimum absolute atomic E-state index is 0.258. The summed E-state index contributed by atoms with van der Waals surface area (Å²) >= 11 is 1.49. The zero-order chi connectivity index (χ0) is 20.6. The molecule has 2 aromatic carbocycles. The summed E-state index contributed by atoms with van der Waals surface area (Å²) in [5.74, 6) is -1.30. The van der Waals surface area contributed by atoms with Gasteiger partial charge in [0.25, 0.3) is 0 Å². The number of anilines is 1. The second kappa shape index (κ2) is 7.79. The highest BCUT2D eigenvalue weighted by Gasteiger charge is 2.39. The highest BCUT2D eigenvalue weighted by Crippen LogP contribution is 2.35. The SMILES string of the molecule is O=C(O)c1ccc(-c2nnc(-c3ccc(N4CCC5(CC4)OCCO5)cc3)s2)cc1. The lowest BCUT2D eigenvalue weighted by Gasteiger charge is -2.38. The molecule has 0 atom stereocenters. The molecule has 0 amide bonds. The molecule has 1 aromatic heterocycles. The van der Waals surface area contributed by atoms with Gasteiger partial charge in [0.2, 0.25) is 0 Å². The Kier molecular flexibility index (Phi) is 4.98. The summed E-state index contributed by atoms with van der Waals surface area (Å²) in [5, 5.41) is 19.2. The fourth-order valence-corrected chi connectivity index (χ4v) is 4.77. The molecular weight excluding hydrogens is 402 g/mol. The number of ether oxygens (including phenoxy) is 2. The summed E-state index contributed by atoms with van der Waals surface area (Å²) in [4.78, 5) is 13.4. The molecule has 2 aliphatic heterocycles. The molecule has 2 saturated heterocycles. The van der Waals surface area contributed by atoms with Gasteiger partial charge in [-0.25, -0.2) is 4.79 Å². The molecule has 1 spiro atoms. The summed E-state index contributed by atoms with van der Waals surface area (Å²) in [6.07, 6.45) is 1.77. The third-order valence-electron chi connectivity index (χ3n) is 5.62. The van der Waals surface area contributed by atoms with Crippen molar-refractivity contribution in [2.24, 2.45) is 0 Å². The predicted octanol–water partition coefficient (Wildman–Crippen LogP) is 3.91. The van der Waals surface area contributed by atoms with Gasteiger partial charge in [-0.1, -0.05) is 23.5 Å². The Morgan fingerprint density at radius 3 is 1.97 bits per heavy atom. The number of piperidine rings is 1. The van der Waals surface area contributed by atoms with Gasteiger partial charge in [0.1, 0.15) is 10.0 Å². The fraction of sp³-hybridized carbons (Fsp3) is 0.318. The van der Waals surface area contributed by atoms with E-state index in [0.717, 1.165) is 47.1 Å². The second-order valence-corrected chi connectivity index (χ2v) is 8.41. The average Bonchev–Trinajstić information content (AvgIpc) is 3.45. The van der Waals surface area contributed by atoms with Crippen molar-refractivity contribution in [2.75, 3.05) is 31.2 Å². The summed E-state index contributed by atoms with van der Waals surface area (Å²) in [6, 6.07) is 15.1. The molecule has 0 unspecified atom stereocenters. The molecule has 0 bridgehead atoms. The molecular formula is C22H21N3O4S. The van der Waals surface area contributed by atoms with Crippen LogP contribution in [-0.2, 0) is 9.47 Å². The number of carbonyl (C=O) groups is 1. The molecule has 5 rings (SSSR count). The Balaban J connectivity index is 1.27. The van der Waals surface area contributed by atoms with Gasteiger partial charge in [-0.15, -0.1) is 10.2 Å². The molecule has 3 heterocycles. The maximum absolute atomic E-state index is 11.0. The van der Waals surface area contributed by atoms with Crippen LogP contribution in [-0.4, -0.2) is 53.4 Å². The maximum atomic E-state index is 11.0. The molecule has 7 nitrogen and oxygen atoms in total. The smallest absolute Gasteiger partial charge is 0.335 e. The van der Waals surface area contributed by atoms with E-state index >= 15 is 0 Å². The monoisotopic (exact) mass is 423 g/mol. The Bertz CT molecular complexity index is 1030. The van der Waals surface area contributed by atoms with Crippen LogP contribution in [0.15, 0.2) is 48.5 Å². The Hall–Kier alpha value is -2.81. The van der Waals surface area contributed by atoms with E-state index in [1.165, 1.54) is 17.0 Å². The first-order chi connectivity index (χ1) is 14.6. The molecule has 0 radical (unpaired) electrons. The number of benzene rings is 2. The van der Waals surface area contributed by atoms with E-state index in [0.29, 0.717) is 13.2 Å². The summed E-state index contributed by atoms with van der Waals surface area (Å²) in [6.45, 7) is 3.22. The van der Waals surface area contributed by atoms with E-state index in [9.17, 15) is 4.79 Å². The van der Waals surface area contributed by atoms with Crippen LogP contribution < -0.4 is 4.90 Å². The van der Waals surface area contributed by atoms with E-state index in [1.54, 1.807) is 24.3 Å². The minimum Gasteiger partial charge on any atom is -0.478 e. The van der Waals surface area contributed by atoms with E-state index in [2.05, 4.69) is 39.4 Å². The van der Waals surface area contributed by atoms with Crippen molar-refractivity contribution in [1.29, 1.82) is 0 Å². The van der Waals surface area contributed by atoms with E-state index in [-0.39, 0.29) is 11.4 Å². The number of nitrogens with zero attached hydrogens (tertiary/aromatic N) is 3. The predicted molar refractivity (Wildman–Crippen MR) is 114 cm³/mol. The van der Waals surface area contributed by atoms with Crippen LogP contribution in [0, 0.1) is 0 Å². The first-order valence-electron chi connectivity index (χ1n) is 9.92. The van der Waals surface area contributed by atoms with Crippen LogP contribution in [0.2, 0.25) is 0 Å². The lowest BCUT2D eigenvalue weighted by Crippen LogP contribution is -2.45. The highest BCUT2D eigenvalue weighted by atomic mass is 32.1. The van der Waals surface area contributed by atoms with Crippen LogP contribution in [0.3, 0.4) is 0 Å². The molecule has 0 saturated carbocycles. The second-order valence-electron chi connectivity index (χ2n) is 7.44. The van der Waals surface area contributed by atoms with Crippen LogP contribution in [0.5, 0.6) is 0 Å². The lowest BCUT2D eigenvalue weighted by molar-refractivity contribution is -0.169. The van der Waals surface area contributed by atoms with E-state index in [1.807, 2.05) is 0 Å². The van der Waals surface area contributed by atoms with Gasteiger partial charge in [0, 0.05) is 42.7 Å². The number of aromatic carboxylic acids is 1. The standard InChI is InChI=1S/C22H21N3O4S/c26-21(27)17-3-1-15(2-4-17)19-23-24-20(30-19)16-5-7-18(8-6-16)25-11-9-22(10-12-25)28-13-14-29-22/h1-8H,9-14H2,(H,26,27). The van der Waals surface area contributed by atoms with Gasteiger partial charge >= 0.3 is 5.97 Å². The number of carboxylic acids is 1. The Labute approximate surface area is 177 Å². The molecule has 30 heavy (non-hydrogen) atoms. The van der Waals surface area contributed by atoms with Gasteiger partial charge in [-0.2, -0.15) is 0 Å². The van der Waals surface area contributed by atoms with Gasteiger partial charge < -0.3 is 19.5 Å². The zero-order valence-electron chi connectivity index (χ0n) is 16.3. The first-order valence-corrected chi connectivity index (χ1v) is 10.7.